The SMILES string of the molecule is CCCCCC(=O)NCCCNC(=O)OCc1ccccc1. The van der Waals surface area contributed by atoms with Crippen molar-refractivity contribution in [2.75, 3.05) is 13.1 Å². The van der Waals surface area contributed by atoms with Crippen molar-refractivity contribution in [1.82, 2.24) is 10.6 Å². The van der Waals surface area contributed by atoms with Crippen LogP contribution in [0.2, 0.25) is 0 Å². The molecule has 0 radical (unpaired) electrons. The quantitative estimate of drug-likeness (QED) is 0.653. The maximum absolute atomic E-state index is 11.5. The zero-order valence-corrected chi connectivity index (χ0v) is 13.3. The summed E-state index contributed by atoms with van der Waals surface area (Å²) >= 11 is 0. The van der Waals surface area contributed by atoms with E-state index in [1.165, 1.54) is 0 Å². The molecule has 0 heterocycles. The third-order valence-corrected chi connectivity index (χ3v) is 3.17. The number of amides is 2. The van der Waals surface area contributed by atoms with Gasteiger partial charge in [0.05, 0.1) is 0 Å². The van der Waals surface area contributed by atoms with Gasteiger partial charge in [0.1, 0.15) is 6.61 Å². The van der Waals surface area contributed by atoms with Crippen molar-refractivity contribution >= 4 is 12.0 Å². The van der Waals surface area contributed by atoms with Crippen molar-refractivity contribution in [2.24, 2.45) is 0 Å². The molecule has 0 aliphatic rings. The molecule has 0 saturated heterocycles. The minimum Gasteiger partial charge on any atom is -0.445 e. The van der Waals surface area contributed by atoms with Crippen LogP contribution in [-0.4, -0.2) is 25.1 Å². The third kappa shape index (κ3) is 9.00. The summed E-state index contributed by atoms with van der Waals surface area (Å²) in [5, 5.41) is 5.51. The van der Waals surface area contributed by atoms with Gasteiger partial charge in [-0.15, -0.1) is 0 Å². The minimum atomic E-state index is -0.432. The van der Waals surface area contributed by atoms with Crippen LogP contribution in [0, 0.1) is 0 Å². The van der Waals surface area contributed by atoms with E-state index >= 15 is 0 Å². The standard InChI is InChI=1S/C17H26N2O3/c1-2-3-5-11-16(20)18-12-8-13-19-17(21)22-14-15-9-6-4-7-10-15/h4,6-7,9-10H,2-3,5,8,11-14H2,1H3,(H,18,20)(H,19,21). The molecule has 5 nitrogen and oxygen atoms in total. The number of rotatable bonds is 10. The summed E-state index contributed by atoms with van der Waals surface area (Å²) in [5.41, 5.74) is 0.956. The maximum atomic E-state index is 11.5. The molecule has 0 aliphatic heterocycles. The Labute approximate surface area is 132 Å². The Morgan fingerprint density at radius 1 is 1.00 bits per heavy atom. The largest absolute Gasteiger partial charge is 0.445 e. The van der Waals surface area contributed by atoms with Crippen LogP contribution in [0.25, 0.3) is 0 Å². The number of carbonyl (C=O) groups excluding carboxylic acids is 2. The van der Waals surface area contributed by atoms with E-state index in [1.54, 1.807) is 0 Å². The summed E-state index contributed by atoms with van der Waals surface area (Å²) in [6.07, 6.45) is 3.98. The Hall–Kier alpha value is -2.04. The molecule has 0 atom stereocenters. The number of benzene rings is 1. The monoisotopic (exact) mass is 306 g/mol. The van der Waals surface area contributed by atoms with Crippen LogP contribution >= 0.6 is 0 Å². The summed E-state index contributed by atoms with van der Waals surface area (Å²) < 4.78 is 5.08. The molecule has 122 valence electrons. The molecule has 0 unspecified atom stereocenters. The molecule has 0 spiro atoms. The fraction of sp³-hybridized carbons (Fsp3) is 0.529. The van der Waals surface area contributed by atoms with E-state index in [9.17, 15) is 9.59 Å². The highest BCUT2D eigenvalue weighted by Gasteiger charge is 2.03. The second kappa shape index (κ2) is 11.6. The number of hydrogen-bond donors (Lipinski definition) is 2. The van der Waals surface area contributed by atoms with Gasteiger partial charge in [-0.25, -0.2) is 4.79 Å². The number of ether oxygens (including phenoxy) is 1. The van der Waals surface area contributed by atoms with Gasteiger partial charge in [0.15, 0.2) is 0 Å². The Kier molecular flexibility index (Phi) is 9.50. The smallest absolute Gasteiger partial charge is 0.407 e. The van der Waals surface area contributed by atoms with Gasteiger partial charge in [-0.05, 0) is 18.4 Å². The first-order chi connectivity index (χ1) is 10.7. The Balaban J connectivity index is 1.97. The second-order valence-electron chi connectivity index (χ2n) is 5.15. The Bertz CT molecular complexity index is 435. The lowest BCUT2D eigenvalue weighted by atomic mass is 10.2. The van der Waals surface area contributed by atoms with Gasteiger partial charge in [0, 0.05) is 19.5 Å². The molecule has 0 fully saturated rings. The molecule has 1 rings (SSSR count). The molecule has 0 aromatic heterocycles. The first-order valence-corrected chi connectivity index (χ1v) is 7.93. The second-order valence-corrected chi connectivity index (χ2v) is 5.15. The maximum Gasteiger partial charge on any atom is 0.407 e. The summed E-state index contributed by atoms with van der Waals surface area (Å²) in [6, 6.07) is 9.53. The molecule has 1 aromatic rings. The zero-order chi connectivity index (χ0) is 16.0. The van der Waals surface area contributed by atoms with E-state index < -0.39 is 6.09 Å². The summed E-state index contributed by atoms with van der Waals surface area (Å²) in [4.78, 5) is 22.9. The Morgan fingerprint density at radius 3 is 2.45 bits per heavy atom. The van der Waals surface area contributed by atoms with Gasteiger partial charge in [0.25, 0.3) is 0 Å². The first kappa shape index (κ1) is 18.0. The number of carbonyl (C=O) groups is 2. The summed E-state index contributed by atoms with van der Waals surface area (Å²) in [5.74, 6) is 0.0834. The molecule has 0 saturated carbocycles. The molecule has 5 heteroatoms. The predicted octanol–water partition coefficient (Wildman–Crippen LogP) is 3.00. The van der Waals surface area contributed by atoms with Crippen molar-refractivity contribution in [3.63, 3.8) is 0 Å². The van der Waals surface area contributed by atoms with Crippen LogP contribution in [0.1, 0.15) is 44.6 Å². The highest BCUT2D eigenvalue weighted by molar-refractivity contribution is 5.75. The lowest BCUT2D eigenvalue weighted by Crippen LogP contribution is -2.30. The van der Waals surface area contributed by atoms with Gasteiger partial charge >= 0.3 is 6.09 Å². The van der Waals surface area contributed by atoms with E-state index in [2.05, 4.69) is 17.6 Å². The van der Waals surface area contributed by atoms with Crippen molar-refractivity contribution in [3.05, 3.63) is 35.9 Å². The lowest BCUT2D eigenvalue weighted by Gasteiger charge is -2.08. The number of alkyl carbamates (subject to hydrolysis) is 1. The van der Waals surface area contributed by atoms with Crippen LogP contribution in [0.4, 0.5) is 4.79 Å². The minimum absolute atomic E-state index is 0.0834. The topological polar surface area (TPSA) is 67.4 Å². The highest BCUT2D eigenvalue weighted by atomic mass is 16.5. The van der Waals surface area contributed by atoms with Crippen LogP contribution in [0.15, 0.2) is 30.3 Å². The van der Waals surface area contributed by atoms with Gasteiger partial charge in [-0.2, -0.15) is 0 Å². The fourth-order valence-corrected chi connectivity index (χ4v) is 1.90. The van der Waals surface area contributed by atoms with Gasteiger partial charge in [0.2, 0.25) is 5.91 Å². The molecule has 2 amide bonds. The lowest BCUT2D eigenvalue weighted by molar-refractivity contribution is -0.121. The molecule has 0 bridgehead atoms. The van der Waals surface area contributed by atoms with Gasteiger partial charge in [-0.3, -0.25) is 4.79 Å². The van der Waals surface area contributed by atoms with E-state index in [0.717, 1.165) is 24.8 Å². The predicted molar refractivity (Wildman–Crippen MR) is 86.4 cm³/mol. The molecular formula is C17H26N2O3. The Morgan fingerprint density at radius 2 is 1.73 bits per heavy atom. The summed E-state index contributed by atoms with van der Waals surface area (Å²) in [6.45, 7) is 3.44. The van der Waals surface area contributed by atoms with Crippen LogP contribution in [0.3, 0.4) is 0 Å². The van der Waals surface area contributed by atoms with Crippen molar-refractivity contribution in [1.29, 1.82) is 0 Å². The van der Waals surface area contributed by atoms with E-state index in [-0.39, 0.29) is 12.5 Å². The van der Waals surface area contributed by atoms with Gasteiger partial charge in [-0.1, -0.05) is 50.1 Å². The van der Waals surface area contributed by atoms with E-state index in [1.807, 2.05) is 30.3 Å². The fourth-order valence-electron chi connectivity index (χ4n) is 1.90. The van der Waals surface area contributed by atoms with Crippen molar-refractivity contribution < 1.29 is 14.3 Å². The number of hydrogen-bond acceptors (Lipinski definition) is 3. The summed E-state index contributed by atoms with van der Waals surface area (Å²) in [7, 11) is 0. The molecular weight excluding hydrogens is 280 g/mol. The van der Waals surface area contributed by atoms with Crippen LogP contribution in [-0.2, 0) is 16.1 Å². The van der Waals surface area contributed by atoms with E-state index in [0.29, 0.717) is 25.9 Å². The highest BCUT2D eigenvalue weighted by Crippen LogP contribution is 2.00. The van der Waals surface area contributed by atoms with Crippen LogP contribution in [0.5, 0.6) is 0 Å². The zero-order valence-electron chi connectivity index (χ0n) is 13.3. The average molecular weight is 306 g/mol. The normalized spacial score (nSPS) is 10.0. The van der Waals surface area contributed by atoms with Crippen molar-refractivity contribution in [2.45, 2.75) is 45.6 Å². The number of nitrogens with one attached hydrogen (secondary N) is 2. The first-order valence-electron chi connectivity index (χ1n) is 7.93. The third-order valence-electron chi connectivity index (χ3n) is 3.17. The molecule has 0 aliphatic carbocycles. The number of unbranched alkanes of at least 4 members (excludes halogenated alkanes) is 2. The molecule has 1 aromatic carbocycles. The molecule has 22 heavy (non-hydrogen) atoms. The van der Waals surface area contributed by atoms with Crippen molar-refractivity contribution in [3.8, 4) is 0 Å². The average Bonchev–Trinajstić information content (AvgIpc) is 2.54. The van der Waals surface area contributed by atoms with Crippen LogP contribution < -0.4 is 10.6 Å². The van der Waals surface area contributed by atoms with E-state index in [4.69, 9.17) is 4.74 Å². The molecule has 2 N–H and O–H groups in total. The van der Waals surface area contributed by atoms with Gasteiger partial charge < -0.3 is 15.4 Å².